The van der Waals surface area contributed by atoms with Crippen LogP contribution in [0.5, 0.6) is 5.75 Å². The average Bonchev–Trinajstić information content (AvgIpc) is 3.43. The van der Waals surface area contributed by atoms with Crippen molar-refractivity contribution in [3.63, 3.8) is 0 Å². The van der Waals surface area contributed by atoms with Gasteiger partial charge < -0.3 is 15.4 Å². The highest BCUT2D eigenvalue weighted by Gasteiger charge is 2.51. The summed E-state index contributed by atoms with van der Waals surface area (Å²) in [5.41, 5.74) is 0.142. The summed E-state index contributed by atoms with van der Waals surface area (Å²) in [6.45, 7) is 5.18. The van der Waals surface area contributed by atoms with E-state index in [0.29, 0.717) is 46.4 Å². The number of ether oxygens (including phenoxy) is 1. The van der Waals surface area contributed by atoms with E-state index in [2.05, 4.69) is 15.6 Å². The van der Waals surface area contributed by atoms with Crippen LogP contribution >= 0.6 is 23.2 Å². The van der Waals surface area contributed by atoms with Gasteiger partial charge in [0.15, 0.2) is 0 Å². The van der Waals surface area contributed by atoms with Crippen LogP contribution in [0.15, 0.2) is 24.4 Å². The van der Waals surface area contributed by atoms with E-state index in [-0.39, 0.29) is 17.5 Å². The lowest BCUT2D eigenvalue weighted by atomic mass is 10.0. The summed E-state index contributed by atoms with van der Waals surface area (Å²) in [4.78, 5) is 28.0. The van der Waals surface area contributed by atoms with Crippen LogP contribution in [0.4, 0.5) is 4.39 Å². The highest BCUT2D eigenvalue weighted by atomic mass is 35.5. The lowest BCUT2D eigenvalue weighted by molar-refractivity contribution is -0.129. The first-order chi connectivity index (χ1) is 14.2. The summed E-state index contributed by atoms with van der Waals surface area (Å²) in [5, 5.41) is 6.09. The van der Waals surface area contributed by atoms with E-state index in [4.69, 9.17) is 27.9 Å². The normalized spacial score (nSPS) is 15.3. The van der Waals surface area contributed by atoms with Crippen LogP contribution in [0, 0.1) is 5.82 Å². The molecule has 1 atom stereocenters. The number of halogens is 3. The van der Waals surface area contributed by atoms with Gasteiger partial charge in [0.1, 0.15) is 17.1 Å². The van der Waals surface area contributed by atoms with Crippen molar-refractivity contribution < 1.29 is 18.7 Å². The van der Waals surface area contributed by atoms with Gasteiger partial charge in [0, 0.05) is 29.3 Å². The molecular weight excluding hydrogens is 432 g/mol. The molecule has 0 unspecified atom stereocenters. The Kier molecular flexibility index (Phi) is 6.53. The van der Waals surface area contributed by atoms with Gasteiger partial charge >= 0.3 is 0 Å². The molecule has 1 saturated carbocycles. The predicted octanol–water partition coefficient (Wildman–Crippen LogP) is 4.44. The zero-order valence-electron chi connectivity index (χ0n) is 16.8. The van der Waals surface area contributed by atoms with Crippen molar-refractivity contribution in [3.8, 4) is 16.9 Å². The number of hydrogen-bond acceptors (Lipinski definition) is 4. The van der Waals surface area contributed by atoms with Gasteiger partial charge in [-0.1, -0.05) is 23.2 Å². The molecule has 2 N–H and O–H groups in total. The predicted molar refractivity (Wildman–Crippen MR) is 113 cm³/mol. The number of carbonyl (C=O) groups is 2. The number of nitrogens with zero attached hydrogens (tertiary/aromatic N) is 1. The zero-order valence-corrected chi connectivity index (χ0v) is 18.3. The Labute approximate surface area is 184 Å². The molecule has 1 fully saturated rings. The van der Waals surface area contributed by atoms with Crippen LogP contribution < -0.4 is 15.4 Å². The van der Waals surface area contributed by atoms with Gasteiger partial charge in [-0.2, -0.15) is 0 Å². The van der Waals surface area contributed by atoms with Crippen LogP contribution in [0.2, 0.25) is 10.0 Å². The van der Waals surface area contributed by atoms with Crippen LogP contribution in [0.3, 0.4) is 0 Å². The molecule has 3 rings (SSSR count). The third-order valence-corrected chi connectivity index (χ3v) is 5.33. The van der Waals surface area contributed by atoms with E-state index in [1.54, 1.807) is 19.1 Å². The van der Waals surface area contributed by atoms with Crippen LogP contribution in [0.1, 0.15) is 45.3 Å². The molecule has 9 heteroatoms. The van der Waals surface area contributed by atoms with E-state index in [9.17, 15) is 14.0 Å². The van der Waals surface area contributed by atoms with Crippen molar-refractivity contribution in [1.29, 1.82) is 0 Å². The minimum absolute atomic E-state index is 0.0804. The minimum Gasteiger partial charge on any atom is -0.492 e. The summed E-state index contributed by atoms with van der Waals surface area (Å²) in [7, 11) is 0. The number of hydrogen-bond donors (Lipinski definition) is 2. The third-order valence-electron chi connectivity index (χ3n) is 4.84. The van der Waals surface area contributed by atoms with Crippen molar-refractivity contribution in [1.82, 2.24) is 15.6 Å². The molecule has 1 aromatic heterocycles. The smallest absolute Gasteiger partial charge is 0.246 e. The van der Waals surface area contributed by atoms with Gasteiger partial charge in [-0.15, -0.1) is 0 Å². The third kappa shape index (κ3) is 4.68. The van der Waals surface area contributed by atoms with Crippen LogP contribution in [-0.2, 0) is 9.59 Å². The lowest BCUT2D eigenvalue weighted by Gasteiger charge is -2.20. The van der Waals surface area contributed by atoms with E-state index in [1.807, 2.05) is 6.92 Å². The van der Waals surface area contributed by atoms with E-state index in [0.717, 1.165) is 0 Å². The van der Waals surface area contributed by atoms with Gasteiger partial charge in [-0.3, -0.25) is 14.6 Å². The van der Waals surface area contributed by atoms with Gasteiger partial charge in [-0.25, -0.2) is 4.39 Å². The molecule has 1 aliphatic carbocycles. The number of benzene rings is 1. The molecule has 6 nitrogen and oxygen atoms in total. The van der Waals surface area contributed by atoms with E-state index >= 15 is 0 Å². The maximum atomic E-state index is 14.9. The van der Waals surface area contributed by atoms with E-state index < -0.39 is 17.4 Å². The lowest BCUT2D eigenvalue weighted by Crippen LogP contribution is -2.49. The minimum atomic E-state index is -0.902. The first kappa shape index (κ1) is 22.3. The zero-order chi connectivity index (χ0) is 22.1. The topological polar surface area (TPSA) is 80.3 Å². The molecular formula is C21H22Cl2FN3O3. The second-order valence-electron chi connectivity index (χ2n) is 7.25. The highest BCUT2D eigenvalue weighted by molar-refractivity contribution is 6.36. The molecule has 0 aliphatic heterocycles. The molecule has 2 aromatic rings. The molecule has 0 spiro atoms. The standard InChI is InChI=1S/C21H22Cl2FN3O3/c1-4-30-19-15(8-14(22)9-16(19)23)13-7-17(24)18(25-10-13)11(2)26-20(29)21(5-6-21)27-12(3)28/h7-11H,4-6H2,1-3H3,(H,26,29)(H,27,28)/t11-/m1/s1. The SMILES string of the molecule is CCOc1c(Cl)cc(Cl)cc1-c1cnc([C@@H](C)NC(=O)C2(NC(C)=O)CC2)c(F)c1. The maximum absolute atomic E-state index is 14.9. The highest BCUT2D eigenvalue weighted by Crippen LogP contribution is 2.40. The summed E-state index contributed by atoms with van der Waals surface area (Å²) in [5.74, 6) is -0.835. The summed E-state index contributed by atoms with van der Waals surface area (Å²) >= 11 is 12.3. The maximum Gasteiger partial charge on any atom is 0.246 e. The fraction of sp³-hybridized carbons (Fsp3) is 0.381. The van der Waals surface area contributed by atoms with Crippen LogP contribution in [0.25, 0.3) is 11.1 Å². The Morgan fingerprint density at radius 2 is 2.00 bits per heavy atom. The average molecular weight is 454 g/mol. The molecule has 1 aromatic carbocycles. The Morgan fingerprint density at radius 3 is 2.57 bits per heavy atom. The molecule has 0 radical (unpaired) electrons. The number of aromatic nitrogens is 1. The number of pyridine rings is 1. The Hall–Kier alpha value is -2.38. The number of nitrogens with one attached hydrogen (secondary N) is 2. The second-order valence-corrected chi connectivity index (χ2v) is 8.09. The van der Waals surface area contributed by atoms with Gasteiger partial charge in [-0.05, 0) is 44.9 Å². The van der Waals surface area contributed by atoms with Crippen LogP contribution in [-0.4, -0.2) is 28.9 Å². The summed E-state index contributed by atoms with van der Waals surface area (Å²) < 4.78 is 20.5. The van der Waals surface area contributed by atoms with Crippen molar-refractivity contribution >= 4 is 35.0 Å². The quantitative estimate of drug-likeness (QED) is 0.649. The van der Waals surface area contributed by atoms with Gasteiger partial charge in [0.05, 0.1) is 23.4 Å². The summed E-state index contributed by atoms with van der Waals surface area (Å²) in [6, 6.07) is 3.79. The van der Waals surface area contributed by atoms with Crippen molar-refractivity contribution in [2.45, 2.75) is 45.2 Å². The van der Waals surface area contributed by atoms with Gasteiger partial charge in [0.2, 0.25) is 11.8 Å². The number of rotatable bonds is 7. The molecule has 0 saturated heterocycles. The Morgan fingerprint density at radius 1 is 1.30 bits per heavy atom. The van der Waals surface area contributed by atoms with Crippen molar-refractivity contribution in [2.24, 2.45) is 0 Å². The largest absolute Gasteiger partial charge is 0.492 e. The van der Waals surface area contributed by atoms with Crippen molar-refractivity contribution in [3.05, 3.63) is 46.0 Å². The number of carbonyl (C=O) groups excluding carboxylic acids is 2. The fourth-order valence-electron chi connectivity index (χ4n) is 3.25. The molecule has 0 bridgehead atoms. The molecule has 2 amide bonds. The van der Waals surface area contributed by atoms with E-state index in [1.165, 1.54) is 19.2 Å². The Bertz CT molecular complexity index is 996. The first-order valence-electron chi connectivity index (χ1n) is 9.54. The first-order valence-corrected chi connectivity index (χ1v) is 10.3. The molecule has 1 aliphatic rings. The molecule has 1 heterocycles. The summed E-state index contributed by atoms with van der Waals surface area (Å²) in [6.07, 6.45) is 2.58. The fourth-order valence-corrected chi connectivity index (χ4v) is 3.80. The van der Waals surface area contributed by atoms with Crippen molar-refractivity contribution in [2.75, 3.05) is 6.61 Å². The molecule has 30 heavy (non-hydrogen) atoms. The molecule has 160 valence electrons. The Balaban J connectivity index is 1.84. The second kappa shape index (κ2) is 8.78. The van der Waals surface area contributed by atoms with Gasteiger partial charge in [0.25, 0.3) is 0 Å². The number of amides is 2. The monoisotopic (exact) mass is 453 g/mol.